The van der Waals surface area contributed by atoms with E-state index in [0.29, 0.717) is 0 Å². The molecule has 3 atom stereocenters. The Kier molecular flexibility index (Phi) is 4.17. The molecule has 1 saturated carbocycles. The van der Waals surface area contributed by atoms with Gasteiger partial charge in [0.05, 0.1) is 25.7 Å². The van der Waals surface area contributed by atoms with Gasteiger partial charge in [-0.05, 0) is 37.3 Å². The molecule has 5 heteroatoms. The predicted molar refractivity (Wildman–Crippen MR) is 83.8 cm³/mol. The fourth-order valence-corrected chi connectivity index (χ4v) is 4.50. The first kappa shape index (κ1) is 16.0. The summed E-state index contributed by atoms with van der Waals surface area (Å²) in [6.07, 6.45) is 0. The van der Waals surface area contributed by atoms with Crippen LogP contribution in [0.4, 0.5) is 0 Å². The fourth-order valence-electron chi connectivity index (χ4n) is 3.05. The molecule has 0 aliphatic heterocycles. The first-order valence-electron chi connectivity index (χ1n) is 7.19. The Morgan fingerprint density at radius 2 is 1.71 bits per heavy atom. The zero-order chi connectivity index (χ0) is 15.8. The van der Waals surface area contributed by atoms with E-state index in [4.69, 9.17) is 13.9 Å². The molecular weight excluding hydrogens is 284 g/mol. The van der Waals surface area contributed by atoms with Gasteiger partial charge in [-0.1, -0.05) is 19.1 Å². The van der Waals surface area contributed by atoms with Gasteiger partial charge in [-0.15, -0.1) is 0 Å². The Bertz CT molecular complexity index is 520. The number of benzene rings is 1. The molecule has 1 aromatic rings. The number of carbonyl (C=O) groups excluding carboxylic acids is 1. The first-order chi connectivity index (χ1) is 9.76. The lowest BCUT2D eigenvalue weighted by Crippen LogP contribution is -2.35. The van der Waals surface area contributed by atoms with Gasteiger partial charge in [0.2, 0.25) is 0 Å². The molecule has 3 unspecified atom stereocenters. The van der Waals surface area contributed by atoms with Gasteiger partial charge < -0.3 is 13.9 Å². The second-order valence-corrected chi connectivity index (χ2v) is 11.0. The smallest absolute Gasteiger partial charge is 0.312 e. The van der Waals surface area contributed by atoms with Gasteiger partial charge in [-0.3, -0.25) is 4.79 Å². The van der Waals surface area contributed by atoms with E-state index in [0.717, 1.165) is 11.3 Å². The molecule has 0 spiro atoms. The van der Waals surface area contributed by atoms with Crippen LogP contribution in [0.25, 0.3) is 0 Å². The van der Waals surface area contributed by atoms with E-state index in [1.807, 2.05) is 31.2 Å². The van der Waals surface area contributed by atoms with Crippen LogP contribution in [0.15, 0.2) is 24.3 Å². The topological polar surface area (TPSA) is 44.8 Å². The highest BCUT2D eigenvalue weighted by molar-refractivity contribution is 6.69. The van der Waals surface area contributed by atoms with Crippen molar-refractivity contribution in [3.05, 3.63) is 29.8 Å². The van der Waals surface area contributed by atoms with E-state index in [1.54, 1.807) is 7.11 Å². The molecule has 4 nitrogen and oxygen atoms in total. The standard InChI is InChI=1S/C16H24O4Si/c1-11-14(15(17)19-3)16(11,20-21(4,5)6)12-7-9-13(18-2)10-8-12/h7-11,14H,1-6H3. The molecule has 0 heterocycles. The third-order valence-electron chi connectivity index (χ3n) is 4.00. The zero-order valence-electron chi connectivity index (χ0n) is 13.6. The molecular formula is C16H24O4Si. The monoisotopic (exact) mass is 308 g/mol. The minimum absolute atomic E-state index is 0.116. The first-order valence-corrected chi connectivity index (χ1v) is 10.6. The average molecular weight is 308 g/mol. The van der Waals surface area contributed by atoms with E-state index in [1.165, 1.54) is 7.11 Å². The lowest BCUT2D eigenvalue weighted by Gasteiger charge is -2.28. The normalized spacial score (nSPS) is 28.1. The number of hydrogen-bond donors (Lipinski definition) is 0. The van der Waals surface area contributed by atoms with Crippen molar-refractivity contribution in [1.82, 2.24) is 0 Å². The van der Waals surface area contributed by atoms with Crippen LogP contribution >= 0.6 is 0 Å². The minimum atomic E-state index is -1.82. The highest BCUT2D eigenvalue weighted by atomic mass is 28.4. The van der Waals surface area contributed by atoms with Crippen molar-refractivity contribution in [3.63, 3.8) is 0 Å². The summed E-state index contributed by atoms with van der Waals surface area (Å²) < 4.78 is 16.6. The van der Waals surface area contributed by atoms with Gasteiger partial charge in [0.15, 0.2) is 8.32 Å². The third-order valence-corrected chi connectivity index (χ3v) is 4.95. The Labute approximate surface area is 127 Å². The number of carbonyl (C=O) groups is 1. The second kappa shape index (κ2) is 5.46. The van der Waals surface area contributed by atoms with E-state index in [9.17, 15) is 4.79 Å². The molecule has 0 aromatic heterocycles. The molecule has 2 rings (SSSR count). The molecule has 116 valence electrons. The molecule has 0 saturated heterocycles. The molecule has 0 N–H and O–H groups in total. The van der Waals surface area contributed by atoms with Gasteiger partial charge in [0.1, 0.15) is 5.75 Å². The average Bonchev–Trinajstić information content (AvgIpc) is 3.01. The summed E-state index contributed by atoms with van der Waals surface area (Å²) in [7, 11) is 1.25. The van der Waals surface area contributed by atoms with Crippen LogP contribution in [0.3, 0.4) is 0 Å². The number of rotatable bonds is 5. The molecule has 21 heavy (non-hydrogen) atoms. The number of hydrogen-bond acceptors (Lipinski definition) is 4. The third kappa shape index (κ3) is 2.85. The van der Waals surface area contributed by atoms with Crippen LogP contribution in [-0.2, 0) is 19.6 Å². The van der Waals surface area contributed by atoms with Crippen LogP contribution in [0.5, 0.6) is 5.75 Å². The maximum atomic E-state index is 12.1. The van der Waals surface area contributed by atoms with Gasteiger partial charge in [-0.2, -0.15) is 0 Å². The molecule has 0 bridgehead atoms. The summed E-state index contributed by atoms with van der Waals surface area (Å²) in [6, 6.07) is 7.78. The quantitative estimate of drug-likeness (QED) is 0.619. The summed E-state index contributed by atoms with van der Waals surface area (Å²) in [4.78, 5) is 12.1. The molecule has 1 aliphatic carbocycles. The minimum Gasteiger partial charge on any atom is -0.497 e. The van der Waals surface area contributed by atoms with Crippen molar-refractivity contribution in [2.75, 3.05) is 14.2 Å². The van der Waals surface area contributed by atoms with Gasteiger partial charge >= 0.3 is 5.97 Å². The molecule has 0 amide bonds. The van der Waals surface area contributed by atoms with E-state index >= 15 is 0 Å². The lowest BCUT2D eigenvalue weighted by atomic mass is 10.0. The lowest BCUT2D eigenvalue weighted by molar-refractivity contribution is -0.144. The highest BCUT2D eigenvalue weighted by Crippen LogP contribution is 2.62. The van der Waals surface area contributed by atoms with E-state index < -0.39 is 13.9 Å². The Morgan fingerprint density at radius 3 is 2.14 bits per heavy atom. The Hall–Kier alpha value is -1.33. The molecule has 1 fully saturated rings. The molecule has 1 aromatic carbocycles. The van der Waals surface area contributed by atoms with E-state index in [-0.39, 0.29) is 17.8 Å². The summed E-state index contributed by atoms with van der Waals surface area (Å²) in [6.45, 7) is 8.46. The van der Waals surface area contributed by atoms with E-state index in [2.05, 4.69) is 19.6 Å². The van der Waals surface area contributed by atoms with Crippen molar-refractivity contribution in [1.29, 1.82) is 0 Å². The van der Waals surface area contributed by atoms with Crippen molar-refractivity contribution in [2.45, 2.75) is 32.2 Å². The van der Waals surface area contributed by atoms with Crippen LogP contribution in [-0.4, -0.2) is 28.5 Å². The summed E-state index contributed by atoms with van der Waals surface area (Å²) >= 11 is 0. The fraction of sp³-hybridized carbons (Fsp3) is 0.562. The zero-order valence-corrected chi connectivity index (χ0v) is 14.6. The summed E-state index contributed by atoms with van der Waals surface area (Å²) in [5, 5.41) is 0. The summed E-state index contributed by atoms with van der Waals surface area (Å²) in [5.41, 5.74) is 0.470. The largest absolute Gasteiger partial charge is 0.497 e. The van der Waals surface area contributed by atoms with Crippen molar-refractivity contribution in [2.24, 2.45) is 11.8 Å². The van der Waals surface area contributed by atoms with Crippen LogP contribution in [0.2, 0.25) is 19.6 Å². The number of methoxy groups -OCH3 is 2. The van der Waals surface area contributed by atoms with Gasteiger partial charge in [-0.25, -0.2) is 0 Å². The van der Waals surface area contributed by atoms with Crippen molar-refractivity contribution < 1.29 is 18.7 Å². The number of ether oxygens (including phenoxy) is 2. The molecule has 1 aliphatic rings. The maximum Gasteiger partial charge on any atom is 0.312 e. The predicted octanol–water partition coefficient (Wildman–Crippen LogP) is 3.18. The number of esters is 1. The SMILES string of the molecule is COC(=O)C1C(C)C1(O[Si](C)(C)C)c1ccc(OC)cc1. The Balaban J connectivity index is 2.40. The van der Waals surface area contributed by atoms with Gasteiger partial charge in [0, 0.05) is 5.92 Å². The van der Waals surface area contributed by atoms with Crippen LogP contribution < -0.4 is 4.74 Å². The highest BCUT2D eigenvalue weighted by Gasteiger charge is 2.69. The van der Waals surface area contributed by atoms with Gasteiger partial charge in [0.25, 0.3) is 0 Å². The Morgan fingerprint density at radius 1 is 1.14 bits per heavy atom. The molecule has 0 radical (unpaired) electrons. The maximum absolute atomic E-state index is 12.1. The summed E-state index contributed by atoms with van der Waals surface area (Å²) in [5.74, 6) is 0.481. The van der Waals surface area contributed by atoms with Crippen molar-refractivity contribution >= 4 is 14.3 Å². The van der Waals surface area contributed by atoms with Crippen molar-refractivity contribution in [3.8, 4) is 5.75 Å². The van der Waals surface area contributed by atoms with Crippen LogP contribution in [0, 0.1) is 11.8 Å². The second-order valence-electron chi connectivity index (χ2n) is 6.53. The van der Waals surface area contributed by atoms with Crippen LogP contribution in [0.1, 0.15) is 12.5 Å².